The van der Waals surface area contributed by atoms with E-state index in [1.165, 1.54) is 0 Å². The van der Waals surface area contributed by atoms with Crippen LogP contribution in [-0.2, 0) is 9.59 Å². The lowest BCUT2D eigenvalue weighted by Gasteiger charge is -2.11. The molecule has 0 aromatic heterocycles. The Labute approximate surface area is 97.4 Å². The molecule has 1 aromatic carbocycles. The molecule has 1 aromatic rings. The number of carboxylic acid groups (broad SMARTS) is 2. The van der Waals surface area contributed by atoms with Gasteiger partial charge in [-0.1, -0.05) is 6.07 Å². The summed E-state index contributed by atoms with van der Waals surface area (Å²) < 4.78 is 10.0. The minimum Gasteiger partial charge on any atom is -0.481 e. The fourth-order valence-electron chi connectivity index (χ4n) is 1.19. The van der Waals surface area contributed by atoms with E-state index >= 15 is 0 Å². The lowest BCUT2D eigenvalue weighted by Crippen LogP contribution is -2.12. The average molecular weight is 240 g/mol. The third kappa shape index (κ3) is 4.02. The lowest BCUT2D eigenvalue weighted by molar-refractivity contribution is -0.140. The number of aliphatic carboxylic acids is 2. The molecule has 1 rings (SSSR count). The SMILES string of the molecule is Cc1c(OCC(=O)O)cccc1OCC(=O)O. The predicted octanol–water partition coefficient (Wildman–Crippen LogP) is 0.922. The lowest BCUT2D eigenvalue weighted by atomic mass is 10.2. The zero-order valence-corrected chi connectivity index (χ0v) is 9.17. The smallest absolute Gasteiger partial charge is 0.341 e. The maximum Gasteiger partial charge on any atom is 0.341 e. The first-order chi connectivity index (χ1) is 8.00. The van der Waals surface area contributed by atoms with Gasteiger partial charge in [-0.3, -0.25) is 0 Å². The summed E-state index contributed by atoms with van der Waals surface area (Å²) in [5.41, 5.74) is 0.565. The fourth-order valence-corrected chi connectivity index (χ4v) is 1.19. The van der Waals surface area contributed by atoms with Gasteiger partial charge in [-0.2, -0.15) is 0 Å². The summed E-state index contributed by atoms with van der Waals surface area (Å²) in [6.45, 7) is 0.751. The Kier molecular flexibility index (Phi) is 4.33. The van der Waals surface area contributed by atoms with Crippen LogP contribution in [0.4, 0.5) is 0 Å². The number of rotatable bonds is 6. The maximum atomic E-state index is 10.3. The van der Waals surface area contributed by atoms with Crippen molar-refractivity contribution in [2.75, 3.05) is 13.2 Å². The number of hydrogen-bond acceptors (Lipinski definition) is 4. The van der Waals surface area contributed by atoms with Gasteiger partial charge in [0.25, 0.3) is 0 Å². The third-order valence-electron chi connectivity index (χ3n) is 1.94. The van der Waals surface area contributed by atoms with E-state index in [-0.39, 0.29) is 0 Å². The molecular formula is C11H12O6. The van der Waals surface area contributed by atoms with Crippen molar-refractivity contribution in [2.24, 2.45) is 0 Å². The zero-order chi connectivity index (χ0) is 12.8. The molecule has 92 valence electrons. The molecule has 0 atom stereocenters. The summed E-state index contributed by atoms with van der Waals surface area (Å²) in [4.78, 5) is 20.7. The van der Waals surface area contributed by atoms with Crippen molar-refractivity contribution in [1.82, 2.24) is 0 Å². The van der Waals surface area contributed by atoms with Gasteiger partial charge in [0, 0.05) is 5.56 Å². The largest absolute Gasteiger partial charge is 0.481 e. The number of hydrogen-bond donors (Lipinski definition) is 2. The topological polar surface area (TPSA) is 93.1 Å². The molecule has 0 fully saturated rings. The van der Waals surface area contributed by atoms with Crippen molar-refractivity contribution < 1.29 is 29.3 Å². The Morgan fingerprint density at radius 1 is 1.06 bits per heavy atom. The van der Waals surface area contributed by atoms with E-state index in [2.05, 4.69) is 0 Å². The number of benzene rings is 1. The van der Waals surface area contributed by atoms with Crippen molar-refractivity contribution in [3.05, 3.63) is 23.8 Å². The van der Waals surface area contributed by atoms with E-state index in [4.69, 9.17) is 19.7 Å². The Balaban J connectivity index is 2.76. The van der Waals surface area contributed by atoms with Crippen molar-refractivity contribution >= 4 is 11.9 Å². The Bertz CT molecular complexity index is 390. The summed E-state index contributed by atoms with van der Waals surface area (Å²) in [6, 6.07) is 4.78. The third-order valence-corrected chi connectivity index (χ3v) is 1.94. The van der Waals surface area contributed by atoms with Crippen LogP contribution in [0.1, 0.15) is 5.56 Å². The molecule has 0 aliphatic carbocycles. The molecule has 0 saturated carbocycles. The van der Waals surface area contributed by atoms with Gasteiger partial charge < -0.3 is 19.7 Å². The molecule has 6 heteroatoms. The first kappa shape index (κ1) is 12.8. The molecular weight excluding hydrogens is 228 g/mol. The molecule has 0 aliphatic heterocycles. The standard InChI is InChI=1S/C11H12O6/c1-7-8(16-5-10(12)13)3-2-4-9(7)17-6-11(14)15/h2-4H,5-6H2,1H3,(H,12,13)(H,14,15). The second-order valence-corrected chi connectivity index (χ2v) is 3.24. The van der Waals surface area contributed by atoms with E-state index in [1.54, 1.807) is 25.1 Å². The Morgan fingerprint density at radius 2 is 1.47 bits per heavy atom. The molecule has 0 spiro atoms. The van der Waals surface area contributed by atoms with E-state index in [1.807, 2.05) is 0 Å². The van der Waals surface area contributed by atoms with Gasteiger partial charge in [0.2, 0.25) is 0 Å². The van der Waals surface area contributed by atoms with Crippen LogP contribution in [0.15, 0.2) is 18.2 Å². The summed E-state index contributed by atoms with van der Waals surface area (Å²) >= 11 is 0. The molecule has 0 heterocycles. The quantitative estimate of drug-likeness (QED) is 0.768. The van der Waals surface area contributed by atoms with Crippen LogP contribution >= 0.6 is 0 Å². The van der Waals surface area contributed by atoms with Crippen molar-refractivity contribution in [2.45, 2.75) is 6.92 Å². The fraction of sp³-hybridized carbons (Fsp3) is 0.273. The van der Waals surface area contributed by atoms with E-state index in [9.17, 15) is 9.59 Å². The van der Waals surface area contributed by atoms with Crippen LogP contribution in [-0.4, -0.2) is 35.4 Å². The highest BCUT2D eigenvalue weighted by Crippen LogP contribution is 2.27. The first-order valence-corrected chi connectivity index (χ1v) is 4.79. The van der Waals surface area contributed by atoms with Crippen LogP contribution in [0.25, 0.3) is 0 Å². The van der Waals surface area contributed by atoms with Crippen molar-refractivity contribution in [3.63, 3.8) is 0 Å². The van der Waals surface area contributed by atoms with E-state index in [0.717, 1.165) is 0 Å². The van der Waals surface area contributed by atoms with Crippen LogP contribution in [0, 0.1) is 6.92 Å². The second-order valence-electron chi connectivity index (χ2n) is 3.24. The minimum atomic E-state index is -1.08. The maximum absolute atomic E-state index is 10.3. The summed E-state index contributed by atoms with van der Waals surface area (Å²) in [7, 11) is 0. The van der Waals surface area contributed by atoms with Gasteiger partial charge in [-0.15, -0.1) is 0 Å². The zero-order valence-electron chi connectivity index (χ0n) is 9.17. The summed E-state index contributed by atoms with van der Waals surface area (Å²) in [6.07, 6.45) is 0. The molecule has 0 saturated heterocycles. The highest BCUT2D eigenvalue weighted by Gasteiger charge is 2.08. The molecule has 0 unspecified atom stereocenters. The van der Waals surface area contributed by atoms with Gasteiger partial charge in [0.15, 0.2) is 13.2 Å². The molecule has 0 aliphatic rings. The van der Waals surface area contributed by atoms with Crippen LogP contribution < -0.4 is 9.47 Å². The molecule has 2 N–H and O–H groups in total. The van der Waals surface area contributed by atoms with E-state index < -0.39 is 25.2 Å². The molecule has 0 radical (unpaired) electrons. The highest BCUT2D eigenvalue weighted by molar-refractivity contribution is 5.69. The Hall–Kier alpha value is -2.24. The summed E-state index contributed by atoms with van der Waals surface area (Å²) in [5.74, 6) is -1.45. The number of ether oxygens (including phenoxy) is 2. The minimum absolute atomic E-state index is 0.357. The second kappa shape index (κ2) is 5.74. The van der Waals surface area contributed by atoms with Gasteiger partial charge >= 0.3 is 11.9 Å². The van der Waals surface area contributed by atoms with Crippen LogP contribution in [0.2, 0.25) is 0 Å². The molecule has 0 bridgehead atoms. The monoisotopic (exact) mass is 240 g/mol. The number of carbonyl (C=O) groups is 2. The molecule has 0 amide bonds. The highest BCUT2D eigenvalue weighted by atomic mass is 16.5. The summed E-state index contributed by atoms with van der Waals surface area (Å²) in [5, 5.41) is 17.0. The van der Waals surface area contributed by atoms with Crippen molar-refractivity contribution in [3.8, 4) is 11.5 Å². The normalized spacial score (nSPS) is 9.71. The first-order valence-electron chi connectivity index (χ1n) is 4.79. The van der Waals surface area contributed by atoms with Gasteiger partial charge in [-0.05, 0) is 19.1 Å². The number of carboxylic acids is 2. The Morgan fingerprint density at radius 3 is 1.82 bits per heavy atom. The average Bonchev–Trinajstić information content (AvgIpc) is 2.25. The van der Waals surface area contributed by atoms with Gasteiger partial charge in [-0.25, -0.2) is 9.59 Å². The van der Waals surface area contributed by atoms with Gasteiger partial charge in [0.05, 0.1) is 0 Å². The van der Waals surface area contributed by atoms with Crippen LogP contribution in [0.5, 0.6) is 11.5 Å². The molecule has 17 heavy (non-hydrogen) atoms. The van der Waals surface area contributed by atoms with E-state index in [0.29, 0.717) is 17.1 Å². The van der Waals surface area contributed by atoms with Gasteiger partial charge in [0.1, 0.15) is 11.5 Å². The van der Waals surface area contributed by atoms with Crippen LogP contribution in [0.3, 0.4) is 0 Å². The van der Waals surface area contributed by atoms with Crippen molar-refractivity contribution in [1.29, 1.82) is 0 Å². The molecule has 6 nitrogen and oxygen atoms in total. The predicted molar refractivity (Wildman–Crippen MR) is 57.4 cm³/mol.